The zero-order valence-corrected chi connectivity index (χ0v) is 25.2. The molecule has 4 heterocycles. The van der Waals surface area contributed by atoms with Crippen molar-refractivity contribution in [2.75, 3.05) is 21.3 Å². The van der Waals surface area contributed by atoms with Gasteiger partial charge >= 0.3 is 35.5 Å². The molecule has 6 aromatic rings. The molecule has 0 saturated heterocycles. The molecule has 0 saturated carbocycles. The topological polar surface area (TPSA) is 117 Å². The predicted molar refractivity (Wildman–Crippen MR) is 151 cm³/mol. The normalized spacial score (nSPS) is 10.4. The van der Waals surface area contributed by atoms with Crippen molar-refractivity contribution in [3.63, 3.8) is 0 Å². The summed E-state index contributed by atoms with van der Waals surface area (Å²) >= 11 is 0. The van der Waals surface area contributed by atoms with Gasteiger partial charge in [-0.1, -0.05) is 12.1 Å². The van der Waals surface area contributed by atoms with Crippen LogP contribution in [0.25, 0.3) is 43.6 Å². The minimum Gasteiger partial charge on any atom is -1.00 e. The number of pyridine rings is 4. The summed E-state index contributed by atoms with van der Waals surface area (Å²) in [7, 11) is 4.11. The average Bonchev–Trinajstić information content (AvgIpc) is 2.99. The number of esters is 1. The van der Waals surface area contributed by atoms with Crippen LogP contribution in [0.15, 0.2) is 60.9 Å². The second-order valence-electron chi connectivity index (χ2n) is 8.49. The number of hydrogen-bond donors (Lipinski definition) is 1. The maximum atomic E-state index is 14.3. The van der Waals surface area contributed by atoms with Crippen LogP contribution in [0.1, 0.15) is 17.6 Å². The molecule has 0 aliphatic rings. The van der Waals surface area contributed by atoms with Crippen LogP contribution in [0.2, 0.25) is 0 Å². The number of aliphatic hydroxyl groups excluding tert-OH is 1. The van der Waals surface area contributed by atoms with Crippen molar-refractivity contribution in [2.45, 2.75) is 6.61 Å². The number of carbonyl (C=O) groups is 1. The van der Waals surface area contributed by atoms with Crippen LogP contribution in [0.4, 0.5) is 8.78 Å². The van der Waals surface area contributed by atoms with Crippen LogP contribution in [-0.4, -0.2) is 60.8 Å². The van der Waals surface area contributed by atoms with Gasteiger partial charge in [0.05, 0.1) is 55.4 Å². The Bertz CT molecular complexity index is 1940. The van der Waals surface area contributed by atoms with Gasteiger partial charge in [-0.15, -0.1) is 0 Å². The summed E-state index contributed by atoms with van der Waals surface area (Å²) in [4.78, 5) is 28.6. The Morgan fingerprint density at radius 3 is 1.79 bits per heavy atom. The van der Waals surface area contributed by atoms with Crippen molar-refractivity contribution in [1.82, 2.24) is 19.9 Å². The number of nitrogens with zero attached hydrogens (tertiary/aromatic N) is 4. The molecule has 3 radical (unpaired) electrons. The third kappa shape index (κ3) is 5.98. The van der Waals surface area contributed by atoms with Gasteiger partial charge in [-0.25, -0.2) is 23.5 Å². The van der Waals surface area contributed by atoms with Gasteiger partial charge in [0, 0.05) is 43.7 Å². The third-order valence-corrected chi connectivity index (χ3v) is 6.18. The molecule has 0 bridgehead atoms. The van der Waals surface area contributed by atoms with E-state index in [-0.39, 0.29) is 73.7 Å². The first-order valence-electron chi connectivity index (χ1n) is 11.9. The number of methoxy groups -OCH3 is 3. The van der Waals surface area contributed by atoms with Crippen molar-refractivity contribution >= 4 is 58.0 Å². The van der Waals surface area contributed by atoms with E-state index >= 15 is 0 Å². The quantitative estimate of drug-likeness (QED) is 0.190. The van der Waals surface area contributed by atoms with E-state index in [1.807, 2.05) is 0 Å². The van der Waals surface area contributed by atoms with Crippen LogP contribution in [0, 0.1) is 11.6 Å². The van der Waals surface area contributed by atoms with Gasteiger partial charge in [0.1, 0.15) is 34.2 Å². The third-order valence-electron chi connectivity index (χ3n) is 6.18. The van der Waals surface area contributed by atoms with Crippen molar-refractivity contribution in [3.8, 4) is 11.5 Å². The van der Waals surface area contributed by atoms with Gasteiger partial charge < -0.3 is 20.7 Å². The van der Waals surface area contributed by atoms with E-state index in [2.05, 4.69) is 24.7 Å². The Labute approximate surface area is 264 Å². The molecule has 4 aromatic heterocycles. The number of ether oxygens (including phenoxy) is 3. The van der Waals surface area contributed by atoms with E-state index in [0.29, 0.717) is 38.8 Å². The SMILES string of the molecule is COC(=O)c1cc(OC)c2c(F)cc3cccnc3c2n1.COc1cc(CO)nc2c1c(F)cc1cccnc12.[B].[H-].[Na+]. The van der Waals surface area contributed by atoms with E-state index in [0.717, 1.165) is 0 Å². The maximum absolute atomic E-state index is 14.3. The summed E-state index contributed by atoms with van der Waals surface area (Å²) in [5.74, 6) is -0.955. The maximum Gasteiger partial charge on any atom is 1.00 e. The summed E-state index contributed by atoms with van der Waals surface area (Å²) in [5, 5.41) is 11.0. The minimum atomic E-state index is -0.622. The zero-order valence-electron chi connectivity index (χ0n) is 24.2. The summed E-state index contributed by atoms with van der Waals surface area (Å²) in [6.07, 6.45) is 3.21. The number of aromatic nitrogens is 4. The number of halogens is 2. The summed E-state index contributed by atoms with van der Waals surface area (Å²) in [6.45, 7) is -0.239. The molecule has 0 aliphatic heterocycles. The average molecular weight is 579 g/mol. The summed E-state index contributed by atoms with van der Waals surface area (Å²) < 4.78 is 43.5. The monoisotopic (exact) mass is 579 g/mol. The fourth-order valence-electron chi connectivity index (χ4n) is 4.39. The molecule has 0 unspecified atom stereocenters. The van der Waals surface area contributed by atoms with Crippen LogP contribution in [-0.2, 0) is 11.3 Å². The smallest absolute Gasteiger partial charge is 1.00 e. The van der Waals surface area contributed by atoms with E-state index in [1.165, 1.54) is 45.6 Å². The first-order chi connectivity index (χ1) is 19.4. The molecule has 9 nitrogen and oxygen atoms in total. The standard InChI is InChI=1S/C15H11FN2O3.C14H11FN2O2.B.Na.H/c1-20-11-7-10(15(19)21-2)18-14-12(11)9(16)6-8-4-3-5-17-13(8)14;1-19-11-6-9(7-18)17-14-12(11)10(15)5-8-3-2-4-16-13(8)14;;;/h3-7H,1-2H3;2-6,18H,7H2,1H3;;;/q;;;+1;-1. The fourth-order valence-corrected chi connectivity index (χ4v) is 4.39. The summed E-state index contributed by atoms with van der Waals surface area (Å²) in [6, 6.07) is 12.6. The fraction of sp³-hybridized carbons (Fsp3) is 0.138. The van der Waals surface area contributed by atoms with Crippen molar-refractivity contribution in [2.24, 2.45) is 0 Å². The molecule has 0 fully saturated rings. The summed E-state index contributed by atoms with van der Waals surface area (Å²) in [5.41, 5.74) is 2.22. The Balaban J connectivity index is 0.000000282. The molecule has 0 amide bonds. The molecule has 2 aromatic carbocycles. The Morgan fingerprint density at radius 2 is 1.31 bits per heavy atom. The van der Waals surface area contributed by atoms with E-state index in [9.17, 15) is 18.7 Å². The Hall–Kier alpha value is -3.97. The van der Waals surface area contributed by atoms with Crippen molar-refractivity contribution < 1.29 is 63.9 Å². The first-order valence-corrected chi connectivity index (χ1v) is 11.9. The van der Waals surface area contributed by atoms with E-state index in [4.69, 9.17) is 9.47 Å². The van der Waals surface area contributed by atoms with Crippen LogP contribution in [0.5, 0.6) is 11.5 Å². The molecule has 0 aliphatic carbocycles. The number of aliphatic hydroxyl groups is 1. The van der Waals surface area contributed by atoms with E-state index < -0.39 is 17.6 Å². The molecule has 13 heteroatoms. The van der Waals surface area contributed by atoms with Gasteiger partial charge in [0.2, 0.25) is 0 Å². The number of carbonyl (C=O) groups excluding carboxylic acids is 1. The minimum absolute atomic E-state index is 0. The van der Waals surface area contributed by atoms with E-state index in [1.54, 1.807) is 36.7 Å². The van der Waals surface area contributed by atoms with Gasteiger partial charge in [-0.2, -0.15) is 0 Å². The molecule has 6 rings (SSSR count). The van der Waals surface area contributed by atoms with Gasteiger partial charge in [0.15, 0.2) is 5.69 Å². The van der Waals surface area contributed by atoms with Crippen LogP contribution < -0.4 is 39.0 Å². The number of benzene rings is 2. The first kappa shape index (κ1) is 32.5. The van der Waals surface area contributed by atoms with Gasteiger partial charge in [-0.3, -0.25) is 9.97 Å². The predicted octanol–water partition coefficient (Wildman–Crippen LogP) is 1.88. The number of fused-ring (bicyclic) bond motifs is 6. The largest absolute Gasteiger partial charge is 1.00 e. The molecular weight excluding hydrogens is 556 g/mol. The second-order valence-corrected chi connectivity index (χ2v) is 8.49. The van der Waals surface area contributed by atoms with Gasteiger partial charge in [0.25, 0.3) is 0 Å². The van der Waals surface area contributed by atoms with Crippen molar-refractivity contribution in [1.29, 1.82) is 0 Å². The number of hydrogen-bond acceptors (Lipinski definition) is 9. The Morgan fingerprint density at radius 1 is 0.810 bits per heavy atom. The van der Waals surface area contributed by atoms with Gasteiger partial charge in [-0.05, 0) is 24.3 Å². The van der Waals surface area contributed by atoms with Crippen molar-refractivity contribution in [3.05, 3.63) is 83.9 Å². The molecule has 207 valence electrons. The Kier molecular flexibility index (Phi) is 10.7. The zero-order chi connectivity index (χ0) is 28.4. The molecule has 0 spiro atoms. The molecular formula is C29H23BF2N4NaO5. The van der Waals surface area contributed by atoms with Crippen LogP contribution >= 0.6 is 0 Å². The second kappa shape index (κ2) is 13.8. The molecule has 42 heavy (non-hydrogen) atoms. The number of rotatable bonds is 4. The van der Waals surface area contributed by atoms with Crippen LogP contribution in [0.3, 0.4) is 0 Å². The molecule has 0 atom stereocenters. The molecule has 1 N–H and O–H groups in total.